The number of hydrogen-bond donors (Lipinski definition) is 2. The fourth-order valence-corrected chi connectivity index (χ4v) is 4.81. The van der Waals surface area contributed by atoms with Gasteiger partial charge in [0.25, 0.3) is 0 Å². The molecule has 2 saturated carbocycles. The molecule has 0 bridgehead atoms. The second kappa shape index (κ2) is 6.13. The molecule has 0 aromatic carbocycles. The number of aliphatic hydroxyl groups is 1. The van der Waals surface area contributed by atoms with Gasteiger partial charge in [0.15, 0.2) is 0 Å². The Morgan fingerprint density at radius 1 is 1.00 bits per heavy atom. The molecule has 3 atom stereocenters. The van der Waals surface area contributed by atoms with Crippen LogP contribution in [0.1, 0.15) is 78.1 Å². The van der Waals surface area contributed by atoms with E-state index in [2.05, 4.69) is 13.8 Å². The number of rotatable bonds is 2. The van der Waals surface area contributed by atoms with Crippen molar-refractivity contribution in [1.82, 2.24) is 0 Å². The highest BCUT2D eigenvalue weighted by molar-refractivity contribution is 5.04. The Kier molecular flexibility index (Phi) is 4.94. The van der Waals surface area contributed by atoms with Gasteiger partial charge in [0, 0.05) is 12.0 Å². The van der Waals surface area contributed by atoms with Crippen molar-refractivity contribution < 1.29 is 5.11 Å². The van der Waals surface area contributed by atoms with Crippen LogP contribution in [0.2, 0.25) is 0 Å². The molecule has 2 aliphatic carbocycles. The average molecular weight is 267 g/mol. The van der Waals surface area contributed by atoms with Crippen LogP contribution in [0.3, 0.4) is 0 Å². The van der Waals surface area contributed by atoms with E-state index < -0.39 is 5.60 Å². The lowest BCUT2D eigenvalue weighted by Crippen LogP contribution is -2.58. The van der Waals surface area contributed by atoms with Gasteiger partial charge in [0.05, 0.1) is 5.60 Å². The highest BCUT2D eigenvalue weighted by Gasteiger charge is 2.53. The number of hydrogen-bond acceptors (Lipinski definition) is 2. The van der Waals surface area contributed by atoms with Crippen LogP contribution >= 0.6 is 0 Å². The van der Waals surface area contributed by atoms with Crippen molar-refractivity contribution in [3.05, 3.63) is 0 Å². The van der Waals surface area contributed by atoms with Gasteiger partial charge in [-0.3, -0.25) is 0 Å². The lowest BCUT2D eigenvalue weighted by atomic mass is 9.55. The van der Waals surface area contributed by atoms with Gasteiger partial charge in [-0.05, 0) is 43.9 Å². The topological polar surface area (TPSA) is 46.2 Å². The van der Waals surface area contributed by atoms with Crippen LogP contribution in [-0.4, -0.2) is 17.3 Å². The van der Waals surface area contributed by atoms with E-state index in [1.54, 1.807) is 0 Å². The molecule has 0 aliphatic heterocycles. The first-order chi connectivity index (χ1) is 9.04. The van der Waals surface area contributed by atoms with E-state index in [-0.39, 0.29) is 5.41 Å². The standard InChI is InChI=1S/C17H33NO/c1-14-8-11-17(19,15(2)12-14)16(13-18)9-6-4-3-5-7-10-16/h14-15,19H,3-13,18H2,1-2H3. The van der Waals surface area contributed by atoms with Crippen molar-refractivity contribution >= 4 is 0 Å². The molecule has 0 amide bonds. The molecule has 2 fully saturated rings. The molecular weight excluding hydrogens is 234 g/mol. The fourth-order valence-electron chi connectivity index (χ4n) is 4.81. The first kappa shape index (κ1) is 15.3. The summed E-state index contributed by atoms with van der Waals surface area (Å²) in [5.74, 6) is 1.16. The summed E-state index contributed by atoms with van der Waals surface area (Å²) in [5.41, 5.74) is 5.70. The molecule has 3 unspecified atom stereocenters. The van der Waals surface area contributed by atoms with Gasteiger partial charge in [-0.15, -0.1) is 0 Å². The Balaban J connectivity index is 2.21. The Morgan fingerprint density at radius 2 is 1.58 bits per heavy atom. The Hall–Kier alpha value is -0.0800. The summed E-state index contributed by atoms with van der Waals surface area (Å²) in [7, 11) is 0. The quantitative estimate of drug-likeness (QED) is 0.798. The van der Waals surface area contributed by atoms with Crippen LogP contribution in [0.15, 0.2) is 0 Å². The first-order valence-electron chi connectivity index (χ1n) is 8.46. The van der Waals surface area contributed by atoms with Gasteiger partial charge in [0.1, 0.15) is 0 Å². The average Bonchev–Trinajstić information content (AvgIpc) is 2.35. The van der Waals surface area contributed by atoms with E-state index in [0.717, 1.165) is 31.6 Å². The Morgan fingerprint density at radius 3 is 2.11 bits per heavy atom. The zero-order valence-corrected chi connectivity index (χ0v) is 13.0. The van der Waals surface area contributed by atoms with Crippen LogP contribution < -0.4 is 5.73 Å². The second-order valence-corrected chi connectivity index (χ2v) is 7.46. The minimum absolute atomic E-state index is 0.00697. The highest BCUT2D eigenvalue weighted by Crippen LogP contribution is 2.52. The zero-order valence-electron chi connectivity index (χ0n) is 13.0. The largest absolute Gasteiger partial charge is 0.389 e. The second-order valence-electron chi connectivity index (χ2n) is 7.46. The Bertz CT molecular complexity index is 283. The first-order valence-corrected chi connectivity index (χ1v) is 8.46. The van der Waals surface area contributed by atoms with Gasteiger partial charge >= 0.3 is 0 Å². The van der Waals surface area contributed by atoms with Crippen molar-refractivity contribution in [2.45, 2.75) is 83.7 Å². The smallest absolute Gasteiger partial charge is 0.0741 e. The van der Waals surface area contributed by atoms with E-state index in [1.807, 2.05) is 0 Å². The van der Waals surface area contributed by atoms with E-state index in [9.17, 15) is 5.11 Å². The van der Waals surface area contributed by atoms with Gasteiger partial charge in [0.2, 0.25) is 0 Å². The van der Waals surface area contributed by atoms with Crippen LogP contribution in [0.5, 0.6) is 0 Å². The monoisotopic (exact) mass is 267 g/mol. The maximum atomic E-state index is 11.5. The van der Waals surface area contributed by atoms with Gasteiger partial charge in [-0.1, -0.05) is 46.0 Å². The molecule has 2 heteroatoms. The number of nitrogens with two attached hydrogens (primary N) is 1. The molecule has 19 heavy (non-hydrogen) atoms. The summed E-state index contributed by atoms with van der Waals surface area (Å²) in [6, 6.07) is 0. The zero-order chi connectivity index (χ0) is 13.9. The lowest BCUT2D eigenvalue weighted by molar-refractivity contribution is -0.156. The third-order valence-electron chi connectivity index (χ3n) is 6.21. The Labute approximate surface area is 119 Å². The molecule has 0 radical (unpaired) electrons. The minimum atomic E-state index is -0.508. The molecule has 0 aromatic heterocycles. The van der Waals surface area contributed by atoms with Crippen LogP contribution in [0.4, 0.5) is 0 Å². The molecule has 0 saturated heterocycles. The van der Waals surface area contributed by atoms with Crippen molar-refractivity contribution in [3.8, 4) is 0 Å². The maximum Gasteiger partial charge on any atom is 0.0741 e. The highest BCUT2D eigenvalue weighted by atomic mass is 16.3. The summed E-state index contributed by atoms with van der Waals surface area (Å²) in [5, 5.41) is 11.5. The van der Waals surface area contributed by atoms with Crippen molar-refractivity contribution in [1.29, 1.82) is 0 Å². The SMILES string of the molecule is CC1CCC(O)(C2(CN)CCCCCCC2)C(C)C1. The summed E-state index contributed by atoms with van der Waals surface area (Å²) >= 11 is 0. The molecule has 3 N–H and O–H groups in total. The van der Waals surface area contributed by atoms with Gasteiger partial charge in [-0.2, -0.15) is 0 Å². The van der Waals surface area contributed by atoms with E-state index in [1.165, 1.54) is 38.5 Å². The van der Waals surface area contributed by atoms with E-state index in [4.69, 9.17) is 5.73 Å². The molecular formula is C17H33NO. The van der Waals surface area contributed by atoms with Gasteiger partial charge < -0.3 is 10.8 Å². The summed E-state index contributed by atoms with van der Waals surface area (Å²) in [4.78, 5) is 0. The minimum Gasteiger partial charge on any atom is -0.389 e. The fraction of sp³-hybridized carbons (Fsp3) is 1.00. The normalized spacial score (nSPS) is 40.4. The predicted molar refractivity (Wildman–Crippen MR) is 80.9 cm³/mol. The van der Waals surface area contributed by atoms with Crippen LogP contribution in [-0.2, 0) is 0 Å². The van der Waals surface area contributed by atoms with E-state index >= 15 is 0 Å². The summed E-state index contributed by atoms with van der Waals surface area (Å²) in [6.45, 7) is 5.25. The van der Waals surface area contributed by atoms with Crippen molar-refractivity contribution in [2.24, 2.45) is 23.0 Å². The molecule has 2 aliphatic rings. The third-order valence-corrected chi connectivity index (χ3v) is 6.21. The van der Waals surface area contributed by atoms with Crippen LogP contribution in [0, 0.1) is 17.3 Å². The van der Waals surface area contributed by atoms with Crippen molar-refractivity contribution in [3.63, 3.8) is 0 Å². The van der Waals surface area contributed by atoms with Gasteiger partial charge in [-0.25, -0.2) is 0 Å². The molecule has 2 rings (SSSR count). The third kappa shape index (κ3) is 2.85. The summed E-state index contributed by atoms with van der Waals surface area (Å²) in [6.07, 6.45) is 12.1. The maximum absolute atomic E-state index is 11.5. The van der Waals surface area contributed by atoms with Crippen molar-refractivity contribution in [2.75, 3.05) is 6.54 Å². The van der Waals surface area contributed by atoms with E-state index in [0.29, 0.717) is 12.5 Å². The molecule has 0 heterocycles. The molecule has 112 valence electrons. The predicted octanol–water partition coefficient (Wildman–Crippen LogP) is 3.86. The summed E-state index contributed by atoms with van der Waals surface area (Å²) < 4.78 is 0. The lowest BCUT2D eigenvalue weighted by Gasteiger charge is -2.54. The molecule has 0 spiro atoms. The molecule has 2 nitrogen and oxygen atoms in total. The molecule has 0 aromatic rings. The van der Waals surface area contributed by atoms with Crippen LogP contribution in [0.25, 0.3) is 0 Å².